The molecule has 0 atom stereocenters. The van der Waals surface area contributed by atoms with Crippen LogP contribution in [0.25, 0.3) is 0 Å². The smallest absolute Gasteiger partial charge is 0.302 e. The number of hydrogen-bond acceptors (Lipinski definition) is 3. The van der Waals surface area contributed by atoms with Gasteiger partial charge in [-0.25, -0.2) is 0 Å². The molecule has 0 saturated heterocycles. The standard InChI is InChI=1S/C4H8O2.C3H2Cl3N/c1-3-6-4(2)5;4-3(5,6)1-2-7/h3H2,1-2H3;1H2. The van der Waals surface area contributed by atoms with E-state index in [1.54, 1.807) is 13.0 Å². The minimum Gasteiger partial charge on any atom is -0.466 e. The van der Waals surface area contributed by atoms with Crippen LogP contribution in [0.2, 0.25) is 0 Å². The van der Waals surface area contributed by atoms with E-state index in [9.17, 15) is 4.79 Å². The fourth-order valence-electron chi connectivity index (χ4n) is 0.293. The average Bonchev–Trinajstić information content (AvgIpc) is 1.84. The molecular formula is C7H10Cl3NO2. The molecule has 0 aliphatic heterocycles. The highest BCUT2D eigenvalue weighted by molar-refractivity contribution is 6.67. The third-order valence-corrected chi connectivity index (χ3v) is 1.03. The minimum atomic E-state index is -1.39. The van der Waals surface area contributed by atoms with Crippen LogP contribution in [-0.2, 0) is 9.53 Å². The van der Waals surface area contributed by atoms with E-state index in [0.717, 1.165) is 0 Å². The van der Waals surface area contributed by atoms with E-state index in [4.69, 9.17) is 40.1 Å². The number of nitriles is 1. The molecule has 0 aromatic rings. The molecular weight excluding hydrogens is 236 g/mol. The molecule has 0 bridgehead atoms. The van der Waals surface area contributed by atoms with E-state index >= 15 is 0 Å². The number of ether oxygens (including phenoxy) is 1. The maximum absolute atomic E-state index is 9.82. The number of esters is 1. The molecule has 0 aliphatic rings. The van der Waals surface area contributed by atoms with Gasteiger partial charge in [0.1, 0.15) is 0 Å². The predicted molar refractivity (Wildman–Crippen MR) is 52.8 cm³/mol. The van der Waals surface area contributed by atoms with Crippen molar-refractivity contribution < 1.29 is 9.53 Å². The molecule has 0 unspecified atom stereocenters. The molecule has 0 N–H and O–H groups in total. The lowest BCUT2D eigenvalue weighted by Crippen LogP contribution is -1.97. The molecule has 0 fully saturated rings. The quantitative estimate of drug-likeness (QED) is 0.528. The number of nitrogens with zero attached hydrogens (tertiary/aromatic N) is 1. The summed E-state index contributed by atoms with van der Waals surface area (Å²) in [6, 6.07) is 1.71. The molecule has 0 radical (unpaired) electrons. The maximum Gasteiger partial charge on any atom is 0.302 e. The summed E-state index contributed by atoms with van der Waals surface area (Å²) in [7, 11) is 0. The van der Waals surface area contributed by atoms with Gasteiger partial charge in [-0.3, -0.25) is 4.79 Å². The molecule has 76 valence electrons. The zero-order valence-corrected chi connectivity index (χ0v) is 9.58. The van der Waals surface area contributed by atoms with Crippen molar-refractivity contribution in [1.29, 1.82) is 5.26 Å². The average molecular weight is 247 g/mol. The van der Waals surface area contributed by atoms with Gasteiger partial charge in [-0.2, -0.15) is 5.26 Å². The number of hydrogen-bond donors (Lipinski definition) is 0. The van der Waals surface area contributed by atoms with Gasteiger partial charge in [-0.05, 0) is 6.92 Å². The number of carbonyl (C=O) groups excluding carboxylic acids is 1. The number of alkyl halides is 3. The molecule has 0 amide bonds. The van der Waals surface area contributed by atoms with E-state index in [0.29, 0.717) is 6.61 Å². The van der Waals surface area contributed by atoms with E-state index in [2.05, 4.69) is 4.74 Å². The van der Waals surface area contributed by atoms with Crippen molar-refractivity contribution >= 4 is 40.8 Å². The Hall–Kier alpha value is -0.170. The molecule has 0 aliphatic carbocycles. The van der Waals surface area contributed by atoms with Gasteiger partial charge in [0.15, 0.2) is 0 Å². The first kappa shape index (κ1) is 15.3. The Kier molecular flexibility index (Phi) is 9.93. The van der Waals surface area contributed by atoms with Gasteiger partial charge in [-0.1, -0.05) is 34.8 Å². The highest BCUT2D eigenvalue weighted by atomic mass is 35.6. The molecule has 0 spiro atoms. The third kappa shape index (κ3) is 24.5. The summed E-state index contributed by atoms with van der Waals surface area (Å²) >= 11 is 15.4. The van der Waals surface area contributed by atoms with Crippen LogP contribution in [0.4, 0.5) is 0 Å². The Bertz CT molecular complexity index is 183. The topological polar surface area (TPSA) is 50.1 Å². The Morgan fingerprint density at radius 1 is 1.54 bits per heavy atom. The lowest BCUT2D eigenvalue weighted by molar-refractivity contribution is -0.140. The SMILES string of the molecule is CCOC(C)=O.N#CCC(Cl)(Cl)Cl. The summed E-state index contributed by atoms with van der Waals surface area (Å²) in [6.45, 7) is 3.65. The lowest BCUT2D eigenvalue weighted by Gasteiger charge is -2.00. The van der Waals surface area contributed by atoms with Gasteiger partial charge in [-0.15, -0.1) is 0 Å². The number of carbonyl (C=O) groups is 1. The zero-order valence-electron chi connectivity index (χ0n) is 7.31. The fourth-order valence-corrected chi connectivity index (χ4v) is 0.472. The second kappa shape index (κ2) is 8.43. The van der Waals surface area contributed by atoms with Gasteiger partial charge >= 0.3 is 5.97 Å². The molecule has 3 nitrogen and oxygen atoms in total. The number of rotatable bonds is 1. The monoisotopic (exact) mass is 245 g/mol. The second-order valence-electron chi connectivity index (χ2n) is 1.87. The van der Waals surface area contributed by atoms with Crippen molar-refractivity contribution in [2.45, 2.75) is 24.1 Å². The first-order chi connectivity index (χ1) is 5.83. The van der Waals surface area contributed by atoms with E-state index in [1.807, 2.05) is 0 Å². The van der Waals surface area contributed by atoms with Crippen LogP contribution in [0.3, 0.4) is 0 Å². The Morgan fingerprint density at radius 2 is 2.00 bits per heavy atom. The van der Waals surface area contributed by atoms with Crippen LogP contribution < -0.4 is 0 Å². The highest BCUT2D eigenvalue weighted by Crippen LogP contribution is 2.28. The summed E-state index contributed by atoms with van der Waals surface area (Å²) in [4.78, 5) is 9.82. The van der Waals surface area contributed by atoms with Crippen LogP contribution in [0, 0.1) is 11.3 Å². The fraction of sp³-hybridized carbons (Fsp3) is 0.714. The van der Waals surface area contributed by atoms with E-state index in [1.165, 1.54) is 6.92 Å². The van der Waals surface area contributed by atoms with Gasteiger partial charge in [0.05, 0.1) is 19.1 Å². The molecule has 13 heavy (non-hydrogen) atoms. The highest BCUT2D eigenvalue weighted by Gasteiger charge is 2.17. The van der Waals surface area contributed by atoms with Crippen molar-refractivity contribution in [3.05, 3.63) is 0 Å². The Morgan fingerprint density at radius 3 is 2.00 bits per heavy atom. The van der Waals surface area contributed by atoms with Crippen LogP contribution >= 0.6 is 34.8 Å². The Balaban J connectivity index is 0. The Labute approximate surface area is 92.5 Å². The second-order valence-corrected chi connectivity index (χ2v) is 4.39. The van der Waals surface area contributed by atoms with E-state index in [-0.39, 0.29) is 12.4 Å². The minimum absolute atomic E-state index is 0.0579. The molecule has 0 heterocycles. The summed E-state index contributed by atoms with van der Waals surface area (Å²) in [5.41, 5.74) is 0. The van der Waals surface area contributed by atoms with Gasteiger partial charge in [0.2, 0.25) is 3.79 Å². The van der Waals surface area contributed by atoms with E-state index < -0.39 is 3.79 Å². The lowest BCUT2D eigenvalue weighted by atomic mass is 10.5. The molecule has 0 aromatic carbocycles. The van der Waals surface area contributed by atoms with Gasteiger partial charge in [0, 0.05) is 6.92 Å². The largest absolute Gasteiger partial charge is 0.466 e. The maximum atomic E-state index is 9.82. The van der Waals surface area contributed by atoms with Crippen LogP contribution in [0.1, 0.15) is 20.3 Å². The first-order valence-corrected chi connectivity index (χ1v) is 4.54. The number of halogens is 3. The van der Waals surface area contributed by atoms with Gasteiger partial charge < -0.3 is 4.74 Å². The molecule has 6 heteroatoms. The summed E-state index contributed by atoms with van der Waals surface area (Å²) in [5.74, 6) is -0.211. The summed E-state index contributed by atoms with van der Waals surface area (Å²) in [5, 5.41) is 7.90. The van der Waals surface area contributed by atoms with Crippen LogP contribution in [0.15, 0.2) is 0 Å². The van der Waals surface area contributed by atoms with Crippen molar-refractivity contribution in [3.8, 4) is 6.07 Å². The summed E-state index contributed by atoms with van der Waals surface area (Å²) < 4.78 is 3.01. The zero-order chi connectivity index (χ0) is 10.9. The van der Waals surface area contributed by atoms with Crippen LogP contribution in [-0.4, -0.2) is 16.4 Å². The third-order valence-electron chi connectivity index (χ3n) is 0.627. The predicted octanol–water partition coefficient (Wildman–Crippen LogP) is 2.84. The first-order valence-electron chi connectivity index (χ1n) is 3.40. The van der Waals surface area contributed by atoms with Crippen molar-refractivity contribution in [1.82, 2.24) is 0 Å². The van der Waals surface area contributed by atoms with Crippen LogP contribution in [0.5, 0.6) is 0 Å². The van der Waals surface area contributed by atoms with Crippen molar-refractivity contribution in [3.63, 3.8) is 0 Å². The van der Waals surface area contributed by atoms with Crippen molar-refractivity contribution in [2.75, 3.05) is 6.61 Å². The molecule has 0 rings (SSSR count). The van der Waals surface area contributed by atoms with Gasteiger partial charge in [0.25, 0.3) is 0 Å². The molecule has 0 saturated carbocycles. The normalized spacial score (nSPS) is 9.23. The molecule has 0 aromatic heterocycles. The van der Waals surface area contributed by atoms with Crippen molar-refractivity contribution in [2.24, 2.45) is 0 Å². The summed E-state index contributed by atoms with van der Waals surface area (Å²) in [6.07, 6.45) is -0.0579.